The van der Waals surface area contributed by atoms with Gasteiger partial charge in [-0.1, -0.05) is 66.8 Å². The molecule has 2 aromatic rings. The summed E-state index contributed by atoms with van der Waals surface area (Å²) in [4.78, 5) is 27.3. The van der Waals surface area contributed by atoms with Gasteiger partial charge in [-0.05, 0) is 48.2 Å². The Hall–Kier alpha value is -1.75. The normalized spacial score (nSPS) is 12.0. The fourth-order valence-corrected chi connectivity index (χ4v) is 3.33. The summed E-state index contributed by atoms with van der Waals surface area (Å²) in [7, 11) is 0. The molecule has 29 heavy (non-hydrogen) atoms. The van der Waals surface area contributed by atoms with Gasteiger partial charge in [0.25, 0.3) is 0 Å². The van der Waals surface area contributed by atoms with E-state index in [2.05, 4.69) is 5.32 Å². The maximum atomic E-state index is 13.1. The third kappa shape index (κ3) is 7.22. The van der Waals surface area contributed by atoms with Crippen LogP contribution in [0.1, 0.15) is 31.9 Å². The van der Waals surface area contributed by atoms with Crippen molar-refractivity contribution in [1.29, 1.82) is 0 Å². The lowest BCUT2D eigenvalue weighted by atomic mass is 10.1. The zero-order valence-corrected chi connectivity index (χ0v) is 19.0. The minimum absolute atomic E-state index is 0.110. The molecule has 0 fully saturated rings. The monoisotopic (exact) mass is 454 g/mol. The molecule has 0 radical (unpaired) electrons. The van der Waals surface area contributed by atoms with Gasteiger partial charge in [0.1, 0.15) is 6.04 Å². The van der Waals surface area contributed by atoms with E-state index in [-0.39, 0.29) is 24.8 Å². The Kier molecular flexibility index (Phi) is 8.81. The number of rotatable bonds is 8. The Morgan fingerprint density at radius 3 is 2.31 bits per heavy atom. The van der Waals surface area contributed by atoms with E-state index in [1.165, 1.54) is 0 Å². The van der Waals surface area contributed by atoms with Crippen LogP contribution in [-0.4, -0.2) is 29.3 Å². The maximum Gasteiger partial charge on any atom is 0.242 e. The summed E-state index contributed by atoms with van der Waals surface area (Å²) < 4.78 is 0. The molecule has 2 rings (SSSR count). The summed E-state index contributed by atoms with van der Waals surface area (Å²) in [5.41, 5.74) is 1.58. The second-order valence-corrected chi connectivity index (χ2v) is 8.64. The molecule has 0 saturated heterocycles. The Labute approximate surface area is 187 Å². The summed E-state index contributed by atoms with van der Waals surface area (Å²) in [5, 5.41) is 4.30. The minimum atomic E-state index is -0.636. The number of benzene rings is 2. The number of carbonyl (C=O) groups is 2. The summed E-state index contributed by atoms with van der Waals surface area (Å²) in [6, 6.07) is 11.7. The molecule has 1 N–H and O–H groups in total. The number of nitrogens with one attached hydrogen (secondary N) is 1. The number of amides is 2. The summed E-state index contributed by atoms with van der Waals surface area (Å²) >= 11 is 18.1. The fraction of sp³-hybridized carbons (Fsp3) is 0.364. The predicted molar refractivity (Wildman–Crippen MR) is 119 cm³/mol. The highest BCUT2D eigenvalue weighted by Gasteiger charge is 2.26. The summed E-state index contributed by atoms with van der Waals surface area (Å²) in [6.45, 7) is 6.59. The predicted octanol–water partition coefficient (Wildman–Crippen LogP) is 5.38. The Balaban J connectivity index is 2.23. The molecule has 0 aliphatic carbocycles. The van der Waals surface area contributed by atoms with Crippen LogP contribution in [0.4, 0.5) is 0 Å². The van der Waals surface area contributed by atoms with Crippen molar-refractivity contribution < 1.29 is 9.59 Å². The van der Waals surface area contributed by atoms with Crippen LogP contribution in [0.5, 0.6) is 0 Å². The average molecular weight is 456 g/mol. The molecule has 1 unspecified atom stereocenters. The van der Waals surface area contributed by atoms with E-state index in [1.54, 1.807) is 42.2 Å². The van der Waals surface area contributed by atoms with Gasteiger partial charge in [0, 0.05) is 18.1 Å². The van der Waals surface area contributed by atoms with E-state index in [1.807, 2.05) is 26.0 Å². The van der Waals surface area contributed by atoms with Crippen molar-refractivity contribution in [2.75, 3.05) is 6.54 Å². The molecule has 0 bridgehead atoms. The third-order valence-electron chi connectivity index (χ3n) is 4.43. The number of nitrogens with zero attached hydrogens (tertiary/aromatic N) is 1. The van der Waals surface area contributed by atoms with Crippen LogP contribution in [0, 0.1) is 5.92 Å². The molecule has 1 atom stereocenters. The first-order valence-electron chi connectivity index (χ1n) is 9.43. The quantitative estimate of drug-likeness (QED) is 0.581. The van der Waals surface area contributed by atoms with Gasteiger partial charge in [0.05, 0.1) is 16.5 Å². The first-order chi connectivity index (χ1) is 13.7. The molecule has 7 heteroatoms. The molecule has 0 aliphatic heterocycles. The van der Waals surface area contributed by atoms with Crippen LogP contribution in [-0.2, 0) is 22.6 Å². The van der Waals surface area contributed by atoms with Crippen molar-refractivity contribution in [3.05, 3.63) is 68.7 Å². The molecule has 0 aliphatic rings. The Bertz CT molecular complexity index is 871. The van der Waals surface area contributed by atoms with Gasteiger partial charge in [0.15, 0.2) is 0 Å². The molecule has 2 amide bonds. The van der Waals surface area contributed by atoms with Gasteiger partial charge in [-0.2, -0.15) is 0 Å². The van der Waals surface area contributed by atoms with Crippen molar-refractivity contribution in [1.82, 2.24) is 10.2 Å². The smallest absolute Gasteiger partial charge is 0.242 e. The largest absolute Gasteiger partial charge is 0.354 e. The zero-order chi connectivity index (χ0) is 21.6. The standard InChI is InChI=1S/C22H25Cl3N2O2/c1-14(2)12-26-22(29)15(3)27(13-17-5-4-6-18(23)9-17)21(28)11-16-7-8-19(24)20(25)10-16/h4-10,14-15H,11-13H2,1-3H3,(H,26,29). The van der Waals surface area contributed by atoms with Crippen LogP contribution in [0.15, 0.2) is 42.5 Å². The van der Waals surface area contributed by atoms with Crippen molar-refractivity contribution >= 4 is 46.6 Å². The zero-order valence-electron chi connectivity index (χ0n) is 16.7. The molecule has 0 aromatic heterocycles. The Morgan fingerprint density at radius 1 is 0.966 bits per heavy atom. The van der Waals surface area contributed by atoms with Gasteiger partial charge in [0.2, 0.25) is 11.8 Å². The van der Waals surface area contributed by atoms with Crippen LogP contribution < -0.4 is 5.32 Å². The number of carbonyl (C=O) groups excluding carboxylic acids is 2. The molecular formula is C22H25Cl3N2O2. The van der Waals surface area contributed by atoms with Crippen molar-refractivity contribution in [3.63, 3.8) is 0 Å². The first-order valence-corrected chi connectivity index (χ1v) is 10.6. The van der Waals surface area contributed by atoms with E-state index < -0.39 is 6.04 Å². The fourth-order valence-electron chi connectivity index (χ4n) is 2.79. The van der Waals surface area contributed by atoms with Gasteiger partial charge >= 0.3 is 0 Å². The van der Waals surface area contributed by atoms with Crippen molar-refractivity contribution in [3.8, 4) is 0 Å². The summed E-state index contributed by atoms with van der Waals surface area (Å²) in [6.07, 6.45) is 0.110. The molecule has 4 nitrogen and oxygen atoms in total. The maximum absolute atomic E-state index is 13.1. The highest BCUT2D eigenvalue weighted by Crippen LogP contribution is 2.23. The lowest BCUT2D eigenvalue weighted by Crippen LogP contribution is -2.48. The van der Waals surface area contributed by atoms with Gasteiger partial charge in [-0.25, -0.2) is 0 Å². The number of halogens is 3. The van der Waals surface area contributed by atoms with E-state index in [4.69, 9.17) is 34.8 Å². The van der Waals surface area contributed by atoms with Crippen LogP contribution >= 0.6 is 34.8 Å². The highest BCUT2D eigenvalue weighted by atomic mass is 35.5. The van der Waals surface area contributed by atoms with E-state index in [9.17, 15) is 9.59 Å². The van der Waals surface area contributed by atoms with Crippen molar-refractivity contribution in [2.45, 2.75) is 39.8 Å². The van der Waals surface area contributed by atoms with Gasteiger partial charge in [-0.15, -0.1) is 0 Å². The van der Waals surface area contributed by atoms with E-state index in [0.29, 0.717) is 27.5 Å². The second kappa shape index (κ2) is 10.9. The third-order valence-corrected chi connectivity index (χ3v) is 5.41. The molecule has 0 saturated carbocycles. The first kappa shape index (κ1) is 23.5. The molecule has 0 heterocycles. The van der Waals surface area contributed by atoms with E-state index >= 15 is 0 Å². The van der Waals surface area contributed by atoms with Gasteiger partial charge in [-0.3, -0.25) is 9.59 Å². The average Bonchev–Trinajstić information content (AvgIpc) is 2.66. The topological polar surface area (TPSA) is 49.4 Å². The molecule has 156 valence electrons. The van der Waals surface area contributed by atoms with Crippen LogP contribution in [0.3, 0.4) is 0 Å². The van der Waals surface area contributed by atoms with Gasteiger partial charge < -0.3 is 10.2 Å². The Morgan fingerprint density at radius 2 is 1.69 bits per heavy atom. The van der Waals surface area contributed by atoms with Crippen LogP contribution in [0.2, 0.25) is 15.1 Å². The SMILES string of the molecule is CC(C)CNC(=O)C(C)N(Cc1cccc(Cl)c1)C(=O)Cc1ccc(Cl)c(Cl)c1. The lowest BCUT2D eigenvalue weighted by molar-refractivity contribution is -0.140. The van der Waals surface area contributed by atoms with E-state index in [0.717, 1.165) is 11.1 Å². The highest BCUT2D eigenvalue weighted by molar-refractivity contribution is 6.42. The summed E-state index contributed by atoms with van der Waals surface area (Å²) in [5.74, 6) is -0.0572. The lowest BCUT2D eigenvalue weighted by Gasteiger charge is -2.29. The molecule has 2 aromatic carbocycles. The van der Waals surface area contributed by atoms with Crippen LogP contribution in [0.25, 0.3) is 0 Å². The number of hydrogen-bond acceptors (Lipinski definition) is 2. The molecule has 0 spiro atoms. The second-order valence-electron chi connectivity index (χ2n) is 7.39. The van der Waals surface area contributed by atoms with Crippen molar-refractivity contribution in [2.24, 2.45) is 5.92 Å². The minimum Gasteiger partial charge on any atom is -0.354 e. The number of hydrogen-bond donors (Lipinski definition) is 1. The molecular weight excluding hydrogens is 431 g/mol.